The van der Waals surface area contributed by atoms with E-state index in [4.69, 9.17) is 52.1 Å². The number of aliphatic hydroxyl groups excluding tert-OH is 11. The number of carbonyl (C=O) groups excluding carboxylic acids is 3. The number of ether oxygens (including phenoxy) is 11. The number of carboxylic acids is 1. The van der Waals surface area contributed by atoms with Gasteiger partial charge in [-0.2, -0.15) is 0 Å². The van der Waals surface area contributed by atoms with E-state index < -0.39 is 224 Å². The average molecular weight is 1260 g/mol. The fourth-order valence-electron chi connectivity index (χ4n) is 17.5. The number of carbonyl (C=O) groups is 4. The normalized spacial score (nSPS) is 49.1. The third-order valence-electron chi connectivity index (χ3n) is 22.5. The van der Waals surface area contributed by atoms with Crippen molar-refractivity contribution in [3.63, 3.8) is 0 Å². The molecule has 27 heteroatoms. The maximum Gasteiger partial charge on any atom is 0.335 e. The van der Waals surface area contributed by atoms with Crippen LogP contribution in [0.3, 0.4) is 0 Å². The quantitative estimate of drug-likeness (QED) is 0.0320. The molecule has 0 aromatic heterocycles. The zero-order valence-corrected chi connectivity index (χ0v) is 51.9. The highest BCUT2D eigenvalue weighted by Gasteiger charge is 2.75. The van der Waals surface area contributed by atoms with Crippen LogP contribution >= 0.6 is 0 Å². The zero-order valence-electron chi connectivity index (χ0n) is 51.9. The van der Waals surface area contributed by atoms with Crippen LogP contribution in [0, 0.1) is 50.2 Å². The van der Waals surface area contributed by atoms with Crippen LogP contribution in [0.2, 0.25) is 0 Å². The Hall–Kier alpha value is -3.40. The molecule has 0 radical (unpaired) electrons. The Labute approximate surface area is 511 Å². The maximum atomic E-state index is 13.6. The molecule has 0 aromatic rings. The second kappa shape index (κ2) is 25.5. The van der Waals surface area contributed by atoms with Crippen LogP contribution in [0.15, 0.2) is 23.3 Å². The lowest BCUT2D eigenvalue weighted by Gasteiger charge is -2.72. The molecule has 4 saturated carbocycles. The summed E-state index contributed by atoms with van der Waals surface area (Å²) in [5.41, 5.74) is -3.40. The van der Waals surface area contributed by atoms with Crippen molar-refractivity contribution in [2.45, 2.75) is 256 Å². The van der Waals surface area contributed by atoms with Crippen LogP contribution < -0.4 is 0 Å². The first-order valence-electron chi connectivity index (χ1n) is 30.7. The Kier molecular flexibility index (Phi) is 20.0. The van der Waals surface area contributed by atoms with Gasteiger partial charge in [-0.05, 0) is 98.2 Å². The lowest BCUT2D eigenvalue weighted by Crippen LogP contribution is -2.73. The highest BCUT2D eigenvalue weighted by atomic mass is 16.8. The smallest absolute Gasteiger partial charge is 0.335 e. The van der Waals surface area contributed by atoms with Crippen LogP contribution in [0.4, 0.5) is 0 Å². The molecule has 0 spiro atoms. The molecular weight excluding hydrogens is 1160 g/mol. The molecule has 0 aromatic carbocycles. The van der Waals surface area contributed by atoms with Gasteiger partial charge in [0.25, 0.3) is 0 Å². The Morgan fingerprint density at radius 2 is 1.23 bits per heavy atom. The van der Waals surface area contributed by atoms with Gasteiger partial charge in [0.15, 0.2) is 37.4 Å². The van der Waals surface area contributed by atoms with Gasteiger partial charge in [-0.25, -0.2) is 9.59 Å². The molecular formula is C61H94O27. The molecule has 9 aliphatic rings. The molecule has 5 aliphatic carbocycles. The monoisotopic (exact) mass is 1260 g/mol. The minimum Gasteiger partial charge on any atom is -0.479 e. The average Bonchev–Trinajstić information content (AvgIpc) is 0.678. The summed E-state index contributed by atoms with van der Waals surface area (Å²) >= 11 is 0. The van der Waals surface area contributed by atoms with Crippen molar-refractivity contribution in [3.8, 4) is 0 Å². The van der Waals surface area contributed by atoms with E-state index in [1.165, 1.54) is 13.8 Å². The Morgan fingerprint density at radius 3 is 1.84 bits per heavy atom. The number of hydrogen-bond acceptors (Lipinski definition) is 26. The molecule has 0 unspecified atom stereocenters. The van der Waals surface area contributed by atoms with E-state index in [0.717, 1.165) is 5.57 Å². The minimum atomic E-state index is -2.22. The first kappa shape index (κ1) is 69.0. The van der Waals surface area contributed by atoms with Crippen molar-refractivity contribution in [3.05, 3.63) is 23.3 Å². The molecule has 0 amide bonds. The van der Waals surface area contributed by atoms with E-state index in [9.17, 15) is 80.5 Å². The predicted molar refractivity (Wildman–Crippen MR) is 298 cm³/mol. The summed E-state index contributed by atoms with van der Waals surface area (Å²) < 4.78 is 67.6. The van der Waals surface area contributed by atoms with Gasteiger partial charge in [-0.1, -0.05) is 66.2 Å². The van der Waals surface area contributed by atoms with E-state index in [1.807, 2.05) is 27.7 Å². The zero-order chi connectivity index (χ0) is 64.9. The van der Waals surface area contributed by atoms with Crippen LogP contribution in [0.25, 0.3) is 0 Å². The van der Waals surface area contributed by atoms with Crippen LogP contribution in [0.5, 0.6) is 0 Å². The molecule has 500 valence electrons. The van der Waals surface area contributed by atoms with Gasteiger partial charge in [0.2, 0.25) is 0 Å². The van der Waals surface area contributed by atoms with Crippen LogP contribution in [0.1, 0.15) is 121 Å². The number of rotatable bonds is 15. The van der Waals surface area contributed by atoms with Gasteiger partial charge in [0.05, 0.1) is 37.9 Å². The summed E-state index contributed by atoms with van der Waals surface area (Å²) in [6.07, 6.45) is -30.8. The fourth-order valence-corrected chi connectivity index (χ4v) is 17.5. The summed E-state index contributed by atoms with van der Waals surface area (Å²) in [4.78, 5) is 53.4. The molecule has 4 aliphatic heterocycles. The maximum absolute atomic E-state index is 13.6. The van der Waals surface area contributed by atoms with Gasteiger partial charge < -0.3 is 113 Å². The number of aliphatic carboxylic acids is 1. The van der Waals surface area contributed by atoms with Gasteiger partial charge in [0.1, 0.15) is 91.6 Å². The number of esters is 3. The Bertz CT molecular complexity index is 2610. The highest BCUT2D eigenvalue weighted by molar-refractivity contribution is 5.87. The molecule has 12 N–H and O–H groups in total. The largest absolute Gasteiger partial charge is 0.479 e. The van der Waals surface area contributed by atoms with Gasteiger partial charge in [0, 0.05) is 24.8 Å². The van der Waals surface area contributed by atoms with Gasteiger partial charge >= 0.3 is 23.9 Å². The Morgan fingerprint density at radius 1 is 0.614 bits per heavy atom. The fraction of sp³-hybridized carbons (Fsp3) is 0.869. The van der Waals surface area contributed by atoms with Crippen LogP contribution in [-0.4, -0.2) is 247 Å². The molecule has 29 atom stereocenters. The number of allylic oxidation sites excluding steroid dienone is 3. The predicted octanol–water partition coefficient (Wildman–Crippen LogP) is -0.620. The molecule has 4 saturated heterocycles. The summed E-state index contributed by atoms with van der Waals surface area (Å²) in [5.74, 6) is -4.30. The lowest BCUT2D eigenvalue weighted by molar-refractivity contribution is -0.399. The van der Waals surface area contributed by atoms with Crippen molar-refractivity contribution in [1.82, 2.24) is 0 Å². The minimum absolute atomic E-state index is 0.0452. The number of aliphatic hydroxyl groups is 11. The second-order valence-corrected chi connectivity index (χ2v) is 28.2. The third-order valence-corrected chi connectivity index (χ3v) is 22.5. The van der Waals surface area contributed by atoms with Gasteiger partial charge in [-0.15, -0.1) is 0 Å². The number of hydrogen-bond donors (Lipinski definition) is 12. The molecule has 88 heavy (non-hydrogen) atoms. The van der Waals surface area contributed by atoms with Crippen molar-refractivity contribution in [2.24, 2.45) is 50.2 Å². The first-order chi connectivity index (χ1) is 41.1. The topological polar surface area (TPSA) is 413 Å². The van der Waals surface area contributed by atoms with Crippen LogP contribution in [-0.2, 0) is 71.3 Å². The molecule has 0 bridgehead atoms. The van der Waals surface area contributed by atoms with E-state index >= 15 is 0 Å². The van der Waals surface area contributed by atoms with Gasteiger partial charge in [-0.3, -0.25) is 9.59 Å². The second-order valence-electron chi connectivity index (χ2n) is 28.2. The summed E-state index contributed by atoms with van der Waals surface area (Å²) in [6.45, 7) is 17.9. The van der Waals surface area contributed by atoms with E-state index in [2.05, 4.69) is 26.8 Å². The van der Waals surface area contributed by atoms with E-state index in [-0.39, 0.29) is 18.3 Å². The molecule has 4 heterocycles. The summed E-state index contributed by atoms with van der Waals surface area (Å²) in [6, 6.07) is 0. The summed E-state index contributed by atoms with van der Waals surface area (Å²) in [5, 5.41) is 131. The number of fused-ring (bicyclic) bond motifs is 7. The third kappa shape index (κ3) is 11.6. The van der Waals surface area contributed by atoms with Crippen molar-refractivity contribution in [1.29, 1.82) is 0 Å². The van der Waals surface area contributed by atoms with Crippen molar-refractivity contribution in [2.75, 3.05) is 26.4 Å². The number of carboxylic acid groups (broad SMARTS) is 1. The molecule has 9 rings (SSSR count). The summed E-state index contributed by atoms with van der Waals surface area (Å²) in [7, 11) is 0. The van der Waals surface area contributed by atoms with Crippen molar-refractivity contribution >= 4 is 23.9 Å². The highest BCUT2D eigenvalue weighted by Crippen LogP contribution is 2.76. The first-order valence-corrected chi connectivity index (χ1v) is 30.7. The Balaban J connectivity index is 1.06. The van der Waals surface area contributed by atoms with E-state index in [1.54, 1.807) is 19.9 Å². The SMILES string of the molecule is C/C=C(/C)C(=O)O[C@H]1[C@H](OC(C)=O)[C@@]2(CO)[C@H](CC1(C)C)C1=CC[C@H]3[C@@]4(C)CC[C@H](O[C@@H]5O[C@H](C(=O)O)[C@@H](O)[C@H](O[C@@H]6OC[C@H](O)[C@H](O)[C@H]6O[C@@H]6OC[C@@H](O)[C@H](O)[C@H]6O)[C@H]5O[C@@H]5O[C@H](CO)[C@H](O)[C@H](O)[C@H]5O)C(C)(C)[C@@H]4CC[C@@]3(C)[C@]1(C)C[C@H]2OC(C)=O. The molecule has 8 fully saturated rings. The molecule has 27 nitrogen and oxygen atoms in total. The van der Waals surface area contributed by atoms with E-state index in [0.29, 0.717) is 44.1 Å². The van der Waals surface area contributed by atoms with Crippen molar-refractivity contribution < 1.29 is 133 Å². The standard InChI is InChI=1S/C61H94O27/c1-12-25(2)51(77)88-48-49(81-27(4)65)61(24-63)29(19-56(48,5)6)28-13-14-34-58(9)17-16-35(57(7,8)33(58)15-18-59(34,10)60(28,11)20-36(61)80-26(3)64)83-55-47(87-53-42(73)40(71)39(70)32(21-62)82-53)44(43(74)45(85-55)50(75)76)84-54-46(38(69)31(67)23-79-54)86-52-41(72)37(68)30(66)22-78-52/h12-13,29-49,52-55,62-63,66-74H,14-24H2,1-11H3,(H,75,76)/b25-12-/t29-,30-,31+,32-,33+,34+,35+,36-,37+,38+,39+,40+,41-,42-,43+,44+,45+,46-,47-,48+,49+,52+,53+,54+,55-,58+,59-,60-,61+/m1/s1. The lowest BCUT2D eigenvalue weighted by atomic mass is 9.33.